The van der Waals surface area contributed by atoms with Crippen LogP contribution in [0.25, 0.3) is 5.52 Å². The Labute approximate surface area is 347 Å². The van der Waals surface area contributed by atoms with Gasteiger partial charge < -0.3 is 30.3 Å². The Morgan fingerprint density at radius 1 is 0.966 bits per heavy atom. The number of hydrogen-bond donors (Lipinski definition) is 4. The highest BCUT2D eigenvalue weighted by molar-refractivity contribution is 7.47. The molecular formula is C43H61FN5O9P. The number of carbonyl (C=O) groups is 1. The number of anilines is 1. The Balaban J connectivity index is 1.23. The molecule has 1 aromatic carbocycles. The fraction of sp³-hybridized carbons (Fsp3) is 0.628. The zero-order valence-electron chi connectivity index (χ0n) is 34.2. The summed E-state index contributed by atoms with van der Waals surface area (Å²) >= 11 is 0. The van der Waals surface area contributed by atoms with E-state index in [4.69, 9.17) is 24.3 Å². The molecule has 3 aromatic rings. The second kappa shape index (κ2) is 24.5. The number of hydrogen-bond acceptors (Lipinski definition) is 12. The number of benzene rings is 1. The molecule has 14 nitrogen and oxygen atoms in total. The monoisotopic (exact) mass is 841 g/mol. The number of fused-ring (bicyclic) bond motifs is 1. The first-order chi connectivity index (χ1) is 28.4. The first-order valence-corrected chi connectivity index (χ1v) is 22.5. The second-order valence-electron chi connectivity index (χ2n) is 15.5. The molecule has 1 aliphatic rings. The topological polar surface area (TPSA) is 223 Å². The molecule has 3 heterocycles. The van der Waals surface area contributed by atoms with Crippen LogP contribution >= 0.6 is 7.82 Å². The number of Topliss-reactive ketones (excluding diaryl/α,β-unsaturated/α-hetero) is 1. The molecule has 0 amide bonds. The fourth-order valence-electron chi connectivity index (χ4n) is 7.38. The van der Waals surface area contributed by atoms with Crippen LogP contribution in [-0.4, -0.2) is 68.1 Å². The van der Waals surface area contributed by atoms with Gasteiger partial charge >= 0.3 is 7.82 Å². The van der Waals surface area contributed by atoms with E-state index in [0.717, 1.165) is 31.7 Å². The third-order valence-electron chi connectivity index (χ3n) is 10.8. The van der Waals surface area contributed by atoms with Crippen molar-refractivity contribution < 1.29 is 47.4 Å². The fourth-order valence-corrected chi connectivity index (χ4v) is 8.15. The number of aliphatic hydroxyl groups is 2. The van der Waals surface area contributed by atoms with E-state index in [2.05, 4.69) is 12.0 Å². The van der Waals surface area contributed by atoms with Gasteiger partial charge in [-0.05, 0) is 54.8 Å². The van der Waals surface area contributed by atoms with Crippen molar-refractivity contribution in [3.8, 4) is 12.1 Å². The number of aliphatic hydroxyl groups excluding tert-OH is 2. The van der Waals surface area contributed by atoms with Crippen LogP contribution < -0.4 is 5.73 Å². The van der Waals surface area contributed by atoms with Gasteiger partial charge in [-0.3, -0.25) is 13.8 Å². The lowest BCUT2D eigenvalue weighted by molar-refractivity contribution is -0.120. The number of rotatable bonds is 29. The van der Waals surface area contributed by atoms with Crippen LogP contribution in [0.4, 0.5) is 10.1 Å². The molecule has 0 bridgehead atoms. The molecule has 1 fully saturated rings. The molecule has 1 aliphatic heterocycles. The van der Waals surface area contributed by atoms with Crippen LogP contribution in [0.15, 0.2) is 42.6 Å². The lowest BCUT2D eigenvalue weighted by Crippen LogP contribution is -2.41. The smallest absolute Gasteiger partial charge is 0.397 e. The quantitative estimate of drug-likeness (QED) is 0.0384. The van der Waals surface area contributed by atoms with Crippen molar-refractivity contribution in [1.82, 2.24) is 9.61 Å². The molecule has 16 heteroatoms. The molecule has 1 unspecified atom stereocenters. The molecule has 0 aliphatic carbocycles. The predicted octanol–water partition coefficient (Wildman–Crippen LogP) is 8.10. The second-order valence-corrected chi connectivity index (χ2v) is 16.9. The number of nitrogen functional groups attached to an aromatic ring is 1. The van der Waals surface area contributed by atoms with E-state index in [1.807, 2.05) is 12.1 Å². The Morgan fingerprint density at radius 2 is 1.61 bits per heavy atom. The van der Waals surface area contributed by atoms with Gasteiger partial charge in [-0.1, -0.05) is 96.8 Å². The van der Waals surface area contributed by atoms with E-state index in [0.29, 0.717) is 23.2 Å². The lowest BCUT2D eigenvalue weighted by atomic mass is 9.92. The summed E-state index contributed by atoms with van der Waals surface area (Å²) in [5.74, 6) is -0.621. The molecule has 0 spiro atoms. The normalized spacial score (nSPS) is 20.6. The number of phosphoric ester groups is 1. The first-order valence-electron chi connectivity index (χ1n) is 21.1. The summed E-state index contributed by atoms with van der Waals surface area (Å²) in [6.45, 7) is 0.820. The summed E-state index contributed by atoms with van der Waals surface area (Å²) in [7, 11) is -4.87. The minimum Gasteiger partial charge on any atom is -0.397 e. The van der Waals surface area contributed by atoms with E-state index in [9.17, 15) is 39.4 Å². The standard InChI is InChI=1S/C43H61FN5O9P/c1-2-3-4-5-6-7-8-9-10-11-12-13-14-15-16-17-35(50)18-19-36(55-28-33-24-32(27-45)25-34(44)26-33)29-56-59(53,54)57-30-39-41(51)42(52)43(31-46,58-39)40-21-20-38-37(47)22-23-48-49(38)40/h20-26,36,39,41-42,51-52H,2-19,28-30,47H2,1H3,(H,53,54)/t36-,39-,41-,42-,43+/m1/s1. The molecule has 59 heavy (non-hydrogen) atoms. The van der Waals surface area contributed by atoms with Crippen molar-refractivity contribution in [3.63, 3.8) is 0 Å². The van der Waals surface area contributed by atoms with Crippen LogP contribution in [0.2, 0.25) is 0 Å². The number of unbranched alkanes of at least 4 members (excludes halogenated alkanes) is 14. The van der Waals surface area contributed by atoms with Crippen molar-refractivity contribution in [2.45, 2.75) is 159 Å². The van der Waals surface area contributed by atoms with Gasteiger partial charge in [0.2, 0.25) is 5.60 Å². The van der Waals surface area contributed by atoms with Gasteiger partial charge in [0.05, 0.1) is 54.5 Å². The molecule has 1 saturated heterocycles. The van der Waals surface area contributed by atoms with Gasteiger partial charge in [-0.25, -0.2) is 13.5 Å². The highest BCUT2D eigenvalue weighted by Gasteiger charge is 2.58. The van der Waals surface area contributed by atoms with Crippen molar-refractivity contribution >= 4 is 24.8 Å². The molecule has 4 rings (SSSR count). The number of phosphoric acid groups is 1. The number of nitriles is 2. The Bertz CT molecular complexity index is 1900. The number of ether oxygens (including phenoxy) is 2. The summed E-state index contributed by atoms with van der Waals surface area (Å²) in [5, 5.41) is 45.4. The van der Waals surface area contributed by atoms with E-state index < -0.39 is 56.9 Å². The molecule has 2 aromatic heterocycles. The SMILES string of the molecule is CCCCCCCCCCCCCCCCCC(=O)CC[C@H](COP(=O)(O)OC[C@H]1O[C@@](C#N)(c2ccc3c(N)ccnn23)[C@H](O)[C@@H]1O)OCc1cc(F)cc(C#N)c1. The maximum Gasteiger partial charge on any atom is 0.472 e. The van der Waals surface area contributed by atoms with Crippen LogP contribution in [0.1, 0.15) is 139 Å². The number of nitrogens with two attached hydrogens (primary N) is 1. The van der Waals surface area contributed by atoms with E-state index in [-0.39, 0.29) is 36.5 Å². The van der Waals surface area contributed by atoms with Crippen LogP contribution in [0.5, 0.6) is 0 Å². The van der Waals surface area contributed by atoms with Crippen LogP contribution in [-0.2, 0) is 40.1 Å². The van der Waals surface area contributed by atoms with Gasteiger partial charge in [0.1, 0.15) is 36.0 Å². The minimum atomic E-state index is -4.87. The molecule has 0 radical (unpaired) electrons. The molecule has 6 atom stereocenters. The number of nitrogens with zero attached hydrogens (tertiary/aromatic N) is 4. The first kappa shape index (κ1) is 47.9. The van der Waals surface area contributed by atoms with E-state index in [1.165, 1.54) is 99.5 Å². The summed E-state index contributed by atoms with van der Waals surface area (Å²) in [6.07, 6.45) is 14.5. The molecule has 0 saturated carbocycles. The van der Waals surface area contributed by atoms with Gasteiger partial charge in [-0.15, -0.1) is 0 Å². The summed E-state index contributed by atoms with van der Waals surface area (Å²) in [4.78, 5) is 23.4. The van der Waals surface area contributed by atoms with Crippen LogP contribution in [0.3, 0.4) is 0 Å². The van der Waals surface area contributed by atoms with E-state index >= 15 is 0 Å². The highest BCUT2D eigenvalue weighted by atomic mass is 31.2. The average molecular weight is 842 g/mol. The number of halogens is 1. The largest absolute Gasteiger partial charge is 0.472 e. The lowest BCUT2D eigenvalue weighted by Gasteiger charge is -2.24. The third kappa shape index (κ3) is 14.7. The highest BCUT2D eigenvalue weighted by Crippen LogP contribution is 2.46. The van der Waals surface area contributed by atoms with E-state index in [1.54, 1.807) is 12.1 Å². The minimum absolute atomic E-state index is 0.00908. The number of aromatic nitrogens is 2. The third-order valence-corrected chi connectivity index (χ3v) is 11.7. The van der Waals surface area contributed by atoms with Crippen molar-refractivity contribution in [1.29, 1.82) is 10.5 Å². The predicted molar refractivity (Wildman–Crippen MR) is 219 cm³/mol. The number of ketones is 1. The van der Waals surface area contributed by atoms with Gasteiger partial charge in [0, 0.05) is 19.0 Å². The Kier molecular flexibility index (Phi) is 19.9. The van der Waals surface area contributed by atoms with Crippen molar-refractivity contribution in [2.24, 2.45) is 0 Å². The van der Waals surface area contributed by atoms with Crippen LogP contribution in [0, 0.1) is 28.5 Å². The summed E-state index contributed by atoms with van der Waals surface area (Å²) in [5.41, 5.74) is 5.18. The maximum absolute atomic E-state index is 14.1. The maximum atomic E-state index is 14.1. The Morgan fingerprint density at radius 3 is 2.24 bits per heavy atom. The zero-order chi connectivity index (χ0) is 42.7. The zero-order valence-corrected chi connectivity index (χ0v) is 35.1. The molecule has 324 valence electrons. The average Bonchev–Trinajstić information content (AvgIpc) is 3.77. The van der Waals surface area contributed by atoms with Gasteiger partial charge in [-0.2, -0.15) is 15.6 Å². The van der Waals surface area contributed by atoms with Crippen molar-refractivity contribution in [3.05, 3.63) is 65.2 Å². The summed E-state index contributed by atoms with van der Waals surface area (Å²) in [6, 6.07) is 12.1. The molecular weight excluding hydrogens is 780 g/mol. The van der Waals surface area contributed by atoms with Gasteiger partial charge in [0.25, 0.3) is 0 Å². The summed E-state index contributed by atoms with van der Waals surface area (Å²) < 4.78 is 50.6. The Hall–Kier alpha value is -3.76. The molecule has 5 N–H and O–H groups in total. The number of carbonyl (C=O) groups excluding carboxylic acids is 1. The van der Waals surface area contributed by atoms with Crippen molar-refractivity contribution in [2.75, 3.05) is 18.9 Å². The van der Waals surface area contributed by atoms with Gasteiger partial charge in [0.15, 0.2) is 0 Å².